The molecule has 2 heteroatoms. The Morgan fingerprint density at radius 2 is 0.818 bits per heavy atom. The molecule has 2 nitrogen and oxygen atoms in total. The van der Waals surface area contributed by atoms with Crippen LogP contribution >= 0.6 is 0 Å². The molecule has 0 spiro atoms. The van der Waals surface area contributed by atoms with Gasteiger partial charge < -0.3 is 10.2 Å². The van der Waals surface area contributed by atoms with Crippen molar-refractivity contribution >= 4 is 6.08 Å². The summed E-state index contributed by atoms with van der Waals surface area (Å²) in [5.74, 6) is 0.229. The van der Waals surface area contributed by atoms with Crippen molar-refractivity contribution in [3.8, 4) is 11.5 Å². The van der Waals surface area contributed by atoms with E-state index in [4.69, 9.17) is 0 Å². The standard InChI is InChI=1S/C31H54O2/c1-2-3-4-5-6-7-8-9-10-11-12-13-14-15-16-17-18-19-20-21-22-23-24-25-29-26-30(32)28-31(33)27-29/h24-28,32-33H,2-23H2,1H3/b25-24+. The maximum atomic E-state index is 9.48. The van der Waals surface area contributed by atoms with E-state index in [1.54, 1.807) is 12.1 Å². The maximum absolute atomic E-state index is 9.48. The summed E-state index contributed by atoms with van der Waals surface area (Å²) < 4.78 is 0. The van der Waals surface area contributed by atoms with Crippen LogP contribution in [0, 0.1) is 0 Å². The third-order valence-corrected chi connectivity index (χ3v) is 6.71. The number of phenolic OH excluding ortho intramolecular Hbond substituents is 2. The van der Waals surface area contributed by atoms with Gasteiger partial charge in [0.25, 0.3) is 0 Å². The zero-order valence-electron chi connectivity index (χ0n) is 21.8. The Bertz CT molecular complexity index is 558. The lowest BCUT2D eigenvalue weighted by Gasteiger charge is -2.04. The van der Waals surface area contributed by atoms with Gasteiger partial charge in [-0.2, -0.15) is 0 Å². The second-order valence-corrected chi connectivity index (χ2v) is 10.0. The summed E-state index contributed by atoms with van der Waals surface area (Å²) in [5, 5.41) is 19.0. The molecule has 1 aromatic carbocycles. The second-order valence-electron chi connectivity index (χ2n) is 10.0. The molecule has 2 N–H and O–H groups in total. The molecule has 0 aromatic heterocycles. The number of unbranched alkanes of at least 4 members (excludes halogenated alkanes) is 21. The summed E-state index contributed by atoms with van der Waals surface area (Å²) in [4.78, 5) is 0. The monoisotopic (exact) mass is 458 g/mol. The van der Waals surface area contributed by atoms with Crippen LogP contribution in [0.5, 0.6) is 11.5 Å². The van der Waals surface area contributed by atoms with Gasteiger partial charge in [0, 0.05) is 6.07 Å². The molecular weight excluding hydrogens is 404 g/mol. The molecule has 0 aliphatic rings. The predicted octanol–water partition coefficient (Wildman–Crippen LogP) is 10.7. The average molecular weight is 459 g/mol. The highest BCUT2D eigenvalue weighted by molar-refractivity contribution is 5.54. The highest BCUT2D eigenvalue weighted by Gasteiger charge is 1.97. The average Bonchev–Trinajstić information content (AvgIpc) is 2.79. The Hall–Kier alpha value is -1.44. The molecule has 0 radical (unpaired) electrons. The van der Waals surface area contributed by atoms with Gasteiger partial charge in [-0.3, -0.25) is 0 Å². The first kappa shape index (κ1) is 29.6. The van der Waals surface area contributed by atoms with E-state index in [0.717, 1.165) is 12.0 Å². The van der Waals surface area contributed by atoms with Gasteiger partial charge in [-0.1, -0.05) is 147 Å². The van der Waals surface area contributed by atoms with E-state index in [0.29, 0.717) is 0 Å². The Labute approximate surface area is 205 Å². The van der Waals surface area contributed by atoms with Gasteiger partial charge in [-0.05, 0) is 30.5 Å². The lowest BCUT2D eigenvalue weighted by atomic mass is 10.0. The molecule has 0 amide bonds. The van der Waals surface area contributed by atoms with Crippen molar-refractivity contribution < 1.29 is 10.2 Å². The van der Waals surface area contributed by atoms with Crippen molar-refractivity contribution in [3.05, 3.63) is 29.8 Å². The molecular formula is C31H54O2. The van der Waals surface area contributed by atoms with E-state index >= 15 is 0 Å². The lowest BCUT2D eigenvalue weighted by Crippen LogP contribution is -1.84. The van der Waals surface area contributed by atoms with Crippen molar-refractivity contribution in [2.45, 2.75) is 148 Å². The summed E-state index contributed by atoms with van der Waals surface area (Å²) in [6.07, 6.45) is 34.9. The Kier molecular flexibility index (Phi) is 20.0. The maximum Gasteiger partial charge on any atom is 0.119 e. The lowest BCUT2D eigenvalue weighted by molar-refractivity contribution is 0.450. The summed E-state index contributed by atoms with van der Waals surface area (Å²) in [5.41, 5.74) is 0.857. The molecule has 0 saturated heterocycles. The van der Waals surface area contributed by atoms with Crippen LogP contribution in [0.2, 0.25) is 0 Å². The molecule has 0 saturated carbocycles. The number of rotatable bonds is 23. The van der Waals surface area contributed by atoms with E-state index < -0.39 is 0 Å². The molecule has 1 rings (SSSR count). The first-order chi connectivity index (χ1) is 16.2. The molecule has 33 heavy (non-hydrogen) atoms. The van der Waals surface area contributed by atoms with Gasteiger partial charge >= 0.3 is 0 Å². The third kappa shape index (κ3) is 19.7. The van der Waals surface area contributed by atoms with E-state index in [1.807, 2.05) is 6.08 Å². The zero-order chi connectivity index (χ0) is 23.8. The van der Waals surface area contributed by atoms with Crippen molar-refractivity contribution in [1.82, 2.24) is 0 Å². The van der Waals surface area contributed by atoms with Crippen LogP contribution in [0.25, 0.3) is 6.08 Å². The van der Waals surface area contributed by atoms with E-state index in [9.17, 15) is 10.2 Å². The fourth-order valence-corrected chi connectivity index (χ4v) is 4.63. The van der Waals surface area contributed by atoms with Crippen molar-refractivity contribution in [1.29, 1.82) is 0 Å². The van der Waals surface area contributed by atoms with Gasteiger partial charge in [-0.15, -0.1) is 0 Å². The number of allylic oxidation sites excluding steroid dienone is 1. The fourth-order valence-electron chi connectivity index (χ4n) is 4.63. The molecule has 0 fully saturated rings. The van der Waals surface area contributed by atoms with Crippen molar-refractivity contribution in [3.63, 3.8) is 0 Å². The number of hydrogen-bond acceptors (Lipinski definition) is 2. The normalized spacial score (nSPS) is 11.5. The first-order valence-electron chi connectivity index (χ1n) is 14.4. The first-order valence-corrected chi connectivity index (χ1v) is 14.4. The van der Waals surface area contributed by atoms with Crippen LogP contribution in [-0.2, 0) is 0 Å². The summed E-state index contributed by atoms with van der Waals surface area (Å²) >= 11 is 0. The van der Waals surface area contributed by atoms with Crippen molar-refractivity contribution in [2.24, 2.45) is 0 Å². The molecule has 0 atom stereocenters. The van der Waals surface area contributed by atoms with E-state index in [2.05, 4.69) is 13.0 Å². The van der Waals surface area contributed by atoms with E-state index in [-0.39, 0.29) is 11.5 Å². The topological polar surface area (TPSA) is 40.5 Å². The molecule has 190 valence electrons. The molecule has 0 unspecified atom stereocenters. The zero-order valence-corrected chi connectivity index (χ0v) is 21.8. The van der Waals surface area contributed by atoms with Gasteiger partial charge in [-0.25, -0.2) is 0 Å². The predicted molar refractivity (Wildman–Crippen MR) is 146 cm³/mol. The third-order valence-electron chi connectivity index (χ3n) is 6.71. The number of phenols is 2. The van der Waals surface area contributed by atoms with Crippen LogP contribution in [0.4, 0.5) is 0 Å². The second kappa shape index (κ2) is 22.4. The minimum Gasteiger partial charge on any atom is -0.508 e. The number of aromatic hydroxyl groups is 2. The van der Waals surface area contributed by atoms with Crippen LogP contribution in [0.1, 0.15) is 154 Å². The Morgan fingerprint density at radius 1 is 0.485 bits per heavy atom. The van der Waals surface area contributed by atoms with Gasteiger partial charge in [0.2, 0.25) is 0 Å². The molecule has 1 aromatic rings. The largest absolute Gasteiger partial charge is 0.508 e. The highest BCUT2D eigenvalue weighted by Crippen LogP contribution is 2.21. The van der Waals surface area contributed by atoms with Gasteiger partial charge in [0.1, 0.15) is 11.5 Å². The van der Waals surface area contributed by atoms with Gasteiger partial charge in [0.15, 0.2) is 0 Å². The number of hydrogen-bond donors (Lipinski definition) is 2. The van der Waals surface area contributed by atoms with E-state index in [1.165, 1.54) is 141 Å². The van der Waals surface area contributed by atoms with Crippen LogP contribution in [-0.4, -0.2) is 10.2 Å². The molecule has 0 bridgehead atoms. The SMILES string of the molecule is CCCCCCCCCCCCCCCCCCCCCCC/C=C/c1cc(O)cc(O)c1. The highest BCUT2D eigenvalue weighted by atomic mass is 16.3. The summed E-state index contributed by atoms with van der Waals surface area (Å²) in [6, 6.07) is 4.71. The molecule has 0 aliphatic heterocycles. The van der Waals surface area contributed by atoms with Crippen LogP contribution < -0.4 is 0 Å². The molecule has 0 aliphatic carbocycles. The summed E-state index contributed by atoms with van der Waals surface area (Å²) in [6.45, 7) is 2.29. The fraction of sp³-hybridized carbons (Fsp3) is 0.742. The Morgan fingerprint density at radius 3 is 1.18 bits per heavy atom. The minimum atomic E-state index is 0.115. The Balaban J connectivity index is 1.74. The minimum absolute atomic E-state index is 0.115. The smallest absolute Gasteiger partial charge is 0.119 e. The quantitative estimate of drug-likeness (QED) is 0.160. The number of benzene rings is 1. The van der Waals surface area contributed by atoms with Crippen LogP contribution in [0.3, 0.4) is 0 Å². The van der Waals surface area contributed by atoms with Crippen LogP contribution in [0.15, 0.2) is 24.3 Å². The summed E-state index contributed by atoms with van der Waals surface area (Å²) in [7, 11) is 0. The van der Waals surface area contributed by atoms with Gasteiger partial charge in [0.05, 0.1) is 0 Å². The molecule has 0 heterocycles. The van der Waals surface area contributed by atoms with Crippen molar-refractivity contribution in [2.75, 3.05) is 0 Å².